The van der Waals surface area contributed by atoms with Crippen molar-refractivity contribution < 1.29 is 4.79 Å². The summed E-state index contributed by atoms with van der Waals surface area (Å²) in [5.41, 5.74) is 1.13. The van der Waals surface area contributed by atoms with E-state index in [0.717, 1.165) is 48.9 Å². The zero-order valence-corrected chi connectivity index (χ0v) is 17.3. The molecular weight excluding hydrogens is 439 g/mol. The second-order valence-corrected chi connectivity index (χ2v) is 6.34. The Bertz CT molecular complexity index is 563. The molecular formula is C17H26ClIN4O. The highest BCUT2D eigenvalue weighted by Gasteiger charge is 2.22. The van der Waals surface area contributed by atoms with Gasteiger partial charge in [0.1, 0.15) is 0 Å². The van der Waals surface area contributed by atoms with Crippen molar-refractivity contribution in [3.8, 4) is 0 Å². The number of aliphatic imine (C=N–C) groups is 1. The molecule has 1 amide bonds. The molecule has 0 radical (unpaired) electrons. The first-order valence-corrected chi connectivity index (χ1v) is 8.42. The molecule has 1 aromatic carbocycles. The highest BCUT2D eigenvalue weighted by molar-refractivity contribution is 14.0. The van der Waals surface area contributed by atoms with Crippen LogP contribution in [0.2, 0.25) is 5.02 Å². The van der Waals surface area contributed by atoms with Crippen LogP contribution in [0.5, 0.6) is 0 Å². The Morgan fingerprint density at radius 2 is 2.17 bits per heavy atom. The lowest BCUT2D eigenvalue weighted by molar-refractivity contribution is -0.121. The van der Waals surface area contributed by atoms with Gasteiger partial charge in [0.15, 0.2) is 5.96 Å². The number of hydrogen-bond acceptors (Lipinski definition) is 2. The first kappa shape index (κ1) is 21.0. The zero-order valence-electron chi connectivity index (χ0n) is 14.2. The third-order valence-corrected chi connectivity index (χ3v) is 3.92. The maximum Gasteiger partial charge on any atom is 0.220 e. The Labute approximate surface area is 166 Å². The van der Waals surface area contributed by atoms with Gasteiger partial charge in [-0.1, -0.05) is 23.7 Å². The summed E-state index contributed by atoms with van der Waals surface area (Å²) in [6.45, 7) is 1.45. The van der Waals surface area contributed by atoms with Gasteiger partial charge < -0.3 is 15.5 Å². The second kappa shape index (κ2) is 10.8. The number of halogens is 2. The largest absolute Gasteiger partial charge is 0.356 e. The maximum absolute atomic E-state index is 11.6. The van der Waals surface area contributed by atoms with Gasteiger partial charge in [0, 0.05) is 44.7 Å². The molecule has 0 aliphatic heterocycles. The first-order valence-electron chi connectivity index (χ1n) is 8.04. The molecule has 5 nitrogen and oxygen atoms in total. The van der Waals surface area contributed by atoms with Crippen LogP contribution in [0.1, 0.15) is 31.2 Å². The summed E-state index contributed by atoms with van der Waals surface area (Å²) in [6, 6.07) is 8.24. The molecule has 0 spiro atoms. The number of guanidine groups is 1. The van der Waals surface area contributed by atoms with E-state index < -0.39 is 0 Å². The summed E-state index contributed by atoms with van der Waals surface area (Å²) in [5.74, 6) is 0.962. The van der Waals surface area contributed by atoms with E-state index in [0.29, 0.717) is 12.5 Å². The van der Waals surface area contributed by atoms with Crippen LogP contribution >= 0.6 is 35.6 Å². The van der Waals surface area contributed by atoms with Gasteiger partial charge in [0.25, 0.3) is 0 Å². The molecule has 1 aromatic rings. The number of rotatable bonds is 7. The van der Waals surface area contributed by atoms with Gasteiger partial charge in [-0.05, 0) is 37.0 Å². The van der Waals surface area contributed by atoms with Gasteiger partial charge in [0.05, 0.1) is 0 Å². The van der Waals surface area contributed by atoms with E-state index in [1.165, 1.54) is 0 Å². The summed E-state index contributed by atoms with van der Waals surface area (Å²) < 4.78 is 0. The molecule has 24 heavy (non-hydrogen) atoms. The summed E-state index contributed by atoms with van der Waals surface area (Å²) in [7, 11) is 3.74. The lowest BCUT2D eigenvalue weighted by atomic mass is 10.2. The molecule has 1 saturated carbocycles. The number of nitrogens with zero attached hydrogens (tertiary/aromatic N) is 2. The fourth-order valence-electron chi connectivity index (χ4n) is 2.35. The maximum atomic E-state index is 11.6. The van der Waals surface area contributed by atoms with Crippen LogP contribution in [0.4, 0.5) is 0 Å². The van der Waals surface area contributed by atoms with Crippen LogP contribution in [-0.2, 0) is 11.3 Å². The van der Waals surface area contributed by atoms with Crippen molar-refractivity contribution in [1.82, 2.24) is 15.5 Å². The van der Waals surface area contributed by atoms with E-state index in [1.54, 1.807) is 7.05 Å². The predicted molar refractivity (Wildman–Crippen MR) is 110 cm³/mol. The van der Waals surface area contributed by atoms with E-state index in [4.69, 9.17) is 11.6 Å². The van der Waals surface area contributed by atoms with Gasteiger partial charge in [0.2, 0.25) is 5.91 Å². The highest BCUT2D eigenvalue weighted by atomic mass is 127. The van der Waals surface area contributed by atoms with E-state index in [-0.39, 0.29) is 29.9 Å². The number of hydrogen-bond donors (Lipinski definition) is 2. The molecule has 0 aromatic heterocycles. The van der Waals surface area contributed by atoms with Crippen LogP contribution in [0.15, 0.2) is 29.3 Å². The molecule has 1 fully saturated rings. The molecule has 7 heteroatoms. The zero-order chi connectivity index (χ0) is 16.7. The molecule has 0 atom stereocenters. The molecule has 0 bridgehead atoms. The number of benzene rings is 1. The summed E-state index contributed by atoms with van der Waals surface area (Å²) in [5, 5.41) is 7.02. The van der Waals surface area contributed by atoms with Crippen LogP contribution in [0.3, 0.4) is 0 Å². The minimum absolute atomic E-state index is 0. The Morgan fingerprint density at radius 1 is 1.42 bits per heavy atom. The topological polar surface area (TPSA) is 56.7 Å². The Hall–Kier alpha value is -1.02. The smallest absolute Gasteiger partial charge is 0.220 e. The molecule has 0 saturated heterocycles. The Kier molecular flexibility index (Phi) is 9.43. The van der Waals surface area contributed by atoms with E-state index in [9.17, 15) is 4.79 Å². The standard InChI is InChI=1S/C17H25ClN4O.HI/c1-19-17(20-10-4-7-16(23)21-15-8-9-15)22(2)12-13-5-3-6-14(18)11-13;/h3,5-6,11,15H,4,7-10,12H2,1-2H3,(H,19,20)(H,21,23);1H. The second-order valence-electron chi connectivity index (χ2n) is 5.91. The third-order valence-electron chi connectivity index (χ3n) is 3.69. The average molecular weight is 465 g/mol. The molecule has 0 unspecified atom stereocenters. The van der Waals surface area contributed by atoms with Crippen molar-refractivity contribution >= 4 is 47.4 Å². The molecule has 2 N–H and O–H groups in total. The highest BCUT2D eigenvalue weighted by Crippen LogP contribution is 2.18. The fraction of sp³-hybridized carbons (Fsp3) is 0.529. The molecule has 1 aliphatic rings. The first-order chi connectivity index (χ1) is 11.1. The van der Waals surface area contributed by atoms with Crippen molar-refractivity contribution in [2.24, 2.45) is 4.99 Å². The van der Waals surface area contributed by atoms with E-state index in [2.05, 4.69) is 15.6 Å². The number of amides is 1. The number of nitrogens with one attached hydrogen (secondary N) is 2. The summed E-state index contributed by atoms with van der Waals surface area (Å²) >= 11 is 6.01. The van der Waals surface area contributed by atoms with Crippen LogP contribution < -0.4 is 10.6 Å². The van der Waals surface area contributed by atoms with Crippen molar-refractivity contribution in [1.29, 1.82) is 0 Å². The SMILES string of the molecule is CN=C(NCCCC(=O)NC1CC1)N(C)Cc1cccc(Cl)c1.I. The van der Waals surface area contributed by atoms with E-state index in [1.807, 2.05) is 36.2 Å². The van der Waals surface area contributed by atoms with Crippen LogP contribution in [0.25, 0.3) is 0 Å². The Morgan fingerprint density at radius 3 is 2.79 bits per heavy atom. The molecule has 134 valence electrons. The lowest BCUT2D eigenvalue weighted by Crippen LogP contribution is -2.39. The normalized spacial score (nSPS) is 13.9. The summed E-state index contributed by atoms with van der Waals surface area (Å²) in [6.07, 6.45) is 3.61. The Balaban J connectivity index is 0.00000288. The summed E-state index contributed by atoms with van der Waals surface area (Å²) in [4.78, 5) is 17.9. The molecule has 1 aliphatic carbocycles. The molecule has 0 heterocycles. The monoisotopic (exact) mass is 464 g/mol. The average Bonchev–Trinajstić information content (AvgIpc) is 3.31. The number of carbonyl (C=O) groups excluding carboxylic acids is 1. The lowest BCUT2D eigenvalue weighted by Gasteiger charge is -2.22. The van der Waals surface area contributed by atoms with Gasteiger partial charge in [-0.2, -0.15) is 0 Å². The minimum atomic E-state index is 0. The van der Waals surface area contributed by atoms with Crippen LogP contribution in [-0.4, -0.2) is 43.4 Å². The van der Waals surface area contributed by atoms with Gasteiger partial charge >= 0.3 is 0 Å². The van der Waals surface area contributed by atoms with Gasteiger partial charge in [-0.25, -0.2) is 0 Å². The van der Waals surface area contributed by atoms with Gasteiger partial charge in [-0.15, -0.1) is 24.0 Å². The van der Waals surface area contributed by atoms with Crippen molar-refractivity contribution in [3.63, 3.8) is 0 Å². The predicted octanol–water partition coefficient (Wildman–Crippen LogP) is 3.02. The van der Waals surface area contributed by atoms with E-state index >= 15 is 0 Å². The van der Waals surface area contributed by atoms with Crippen molar-refractivity contribution in [3.05, 3.63) is 34.9 Å². The van der Waals surface area contributed by atoms with Crippen LogP contribution in [0, 0.1) is 0 Å². The minimum Gasteiger partial charge on any atom is -0.356 e. The molecule has 2 rings (SSSR count). The quantitative estimate of drug-likeness (QED) is 0.282. The van der Waals surface area contributed by atoms with Gasteiger partial charge in [-0.3, -0.25) is 9.79 Å². The third kappa shape index (κ3) is 7.70. The fourth-order valence-corrected chi connectivity index (χ4v) is 2.56. The van der Waals surface area contributed by atoms with Crippen molar-refractivity contribution in [2.45, 2.75) is 38.3 Å². The van der Waals surface area contributed by atoms with Crippen molar-refractivity contribution in [2.75, 3.05) is 20.6 Å². The number of carbonyl (C=O) groups is 1.